The number of piperidine rings is 1. The summed E-state index contributed by atoms with van der Waals surface area (Å²) in [5.74, 6) is 2.31. The number of aromatic hydroxyl groups is 1. The Hall–Kier alpha value is -1.92. The van der Waals surface area contributed by atoms with Crippen LogP contribution >= 0.6 is 11.3 Å². The third-order valence-electron chi connectivity index (χ3n) is 5.41. The van der Waals surface area contributed by atoms with Gasteiger partial charge in [-0.15, -0.1) is 5.10 Å². The van der Waals surface area contributed by atoms with Gasteiger partial charge in [-0.2, -0.15) is 4.52 Å². The van der Waals surface area contributed by atoms with E-state index in [9.17, 15) is 5.11 Å². The Balaban J connectivity index is 1.82. The molecule has 0 spiro atoms. The quantitative estimate of drug-likeness (QED) is 0.744. The number of rotatable bonds is 3. The van der Waals surface area contributed by atoms with Crippen LogP contribution in [0.1, 0.15) is 48.1 Å². The van der Waals surface area contributed by atoms with Crippen LogP contribution < -0.4 is 4.90 Å². The van der Waals surface area contributed by atoms with E-state index in [0.29, 0.717) is 17.7 Å². The highest BCUT2D eigenvalue weighted by Crippen LogP contribution is 2.35. The van der Waals surface area contributed by atoms with Crippen molar-refractivity contribution in [3.05, 3.63) is 46.1 Å². The monoisotopic (exact) mass is 371 g/mol. The molecule has 2 N–H and O–H groups in total. The summed E-state index contributed by atoms with van der Waals surface area (Å²) in [7, 11) is 0. The van der Waals surface area contributed by atoms with Gasteiger partial charge in [0.1, 0.15) is 10.7 Å². The highest BCUT2D eigenvalue weighted by Gasteiger charge is 2.36. The van der Waals surface area contributed by atoms with Crippen LogP contribution in [-0.2, 0) is 0 Å². The molecule has 1 saturated heterocycles. The summed E-state index contributed by atoms with van der Waals surface area (Å²) >= 11 is 1.57. The molecule has 4 rings (SSSR count). The van der Waals surface area contributed by atoms with E-state index in [1.807, 2.05) is 6.92 Å². The molecule has 1 aliphatic rings. The molecule has 26 heavy (non-hydrogen) atoms. The Kier molecular flexibility index (Phi) is 4.49. The summed E-state index contributed by atoms with van der Waals surface area (Å²) in [4.78, 5) is 7.73. The van der Waals surface area contributed by atoms with Gasteiger partial charge in [-0.05, 0) is 20.3 Å². The molecule has 0 radical (unpaired) electrons. The van der Waals surface area contributed by atoms with Crippen molar-refractivity contribution in [2.75, 3.05) is 13.1 Å². The van der Waals surface area contributed by atoms with Crippen LogP contribution in [0.2, 0.25) is 0 Å². The molecule has 0 saturated carbocycles. The molecule has 1 aromatic carbocycles. The molecule has 1 unspecified atom stereocenters. The van der Waals surface area contributed by atoms with Crippen molar-refractivity contribution in [3.63, 3.8) is 0 Å². The van der Waals surface area contributed by atoms with E-state index in [1.165, 1.54) is 22.4 Å². The minimum atomic E-state index is 0.120. The lowest BCUT2D eigenvalue weighted by Gasteiger charge is -2.37. The fraction of sp³-hybridized carbons (Fsp3) is 0.500. The largest absolute Gasteiger partial charge is 0.492 e. The molecule has 0 amide bonds. The SMILES string of the molecule is Cc1ccc([C@H](c2sc3nc(C)nn3c2O)[NH+]2C[C@H](C)C[C@H](C)C2)cc1. The van der Waals surface area contributed by atoms with Crippen molar-refractivity contribution in [2.45, 2.75) is 40.2 Å². The molecule has 2 aromatic heterocycles. The first-order valence-electron chi connectivity index (χ1n) is 9.38. The van der Waals surface area contributed by atoms with Crippen molar-refractivity contribution in [2.24, 2.45) is 11.8 Å². The fourth-order valence-electron chi connectivity index (χ4n) is 4.44. The number of nitrogens with zero attached hydrogens (tertiary/aromatic N) is 3. The van der Waals surface area contributed by atoms with Crippen LogP contribution in [0.15, 0.2) is 24.3 Å². The lowest BCUT2D eigenvalue weighted by Crippen LogP contribution is -3.14. The minimum absolute atomic E-state index is 0.120. The predicted octanol–water partition coefficient (Wildman–Crippen LogP) is 2.76. The van der Waals surface area contributed by atoms with Gasteiger partial charge in [0.25, 0.3) is 0 Å². The van der Waals surface area contributed by atoms with Gasteiger partial charge in [-0.1, -0.05) is 55.0 Å². The Morgan fingerprint density at radius 2 is 1.81 bits per heavy atom. The maximum Gasteiger partial charge on any atom is 0.235 e. The summed E-state index contributed by atoms with van der Waals surface area (Å²) in [6.07, 6.45) is 1.28. The van der Waals surface area contributed by atoms with Crippen LogP contribution in [0.3, 0.4) is 0 Å². The smallest absolute Gasteiger partial charge is 0.235 e. The van der Waals surface area contributed by atoms with E-state index >= 15 is 0 Å². The highest BCUT2D eigenvalue weighted by molar-refractivity contribution is 7.17. The Bertz CT molecular complexity index is 904. The van der Waals surface area contributed by atoms with Crippen LogP contribution in [-0.4, -0.2) is 32.8 Å². The molecule has 5 nitrogen and oxygen atoms in total. The number of fused-ring (bicyclic) bond motifs is 1. The first-order chi connectivity index (χ1) is 12.4. The molecule has 0 bridgehead atoms. The number of aryl methyl sites for hydroxylation is 2. The Labute approximate surface area is 158 Å². The average molecular weight is 372 g/mol. The molecular formula is C20H27N4OS+. The van der Waals surface area contributed by atoms with Gasteiger partial charge >= 0.3 is 0 Å². The lowest BCUT2D eigenvalue weighted by molar-refractivity contribution is -0.936. The normalized spacial score (nSPS) is 24.8. The first kappa shape index (κ1) is 17.5. The lowest BCUT2D eigenvalue weighted by atomic mass is 9.89. The van der Waals surface area contributed by atoms with Crippen LogP contribution in [0.25, 0.3) is 4.96 Å². The van der Waals surface area contributed by atoms with Crippen molar-refractivity contribution >= 4 is 16.3 Å². The zero-order valence-electron chi connectivity index (χ0n) is 15.9. The van der Waals surface area contributed by atoms with Crippen molar-refractivity contribution in [1.29, 1.82) is 0 Å². The van der Waals surface area contributed by atoms with Crippen LogP contribution in [0, 0.1) is 25.7 Å². The van der Waals surface area contributed by atoms with Gasteiger partial charge < -0.3 is 10.0 Å². The molecular weight excluding hydrogens is 344 g/mol. The minimum Gasteiger partial charge on any atom is -0.492 e. The predicted molar refractivity (Wildman–Crippen MR) is 104 cm³/mol. The average Bonchev–Trinajstić information content (AvgIpc) is 3.07. The van der Waals surface area contributed by atoms with Gasteiger partial charge in [0, 0.05) is 17.4 Å². The van der Waals surface area contributed by atoms with E-state index in [-0.39, 0.29) is 11.9 Å². The van der Waals surface area contributed by atoms with E-state index in [4.69, 9.17) is 0 Å². The van der Waals surface area contributed by atoms with Crippen molar-refractivity contribution < 1.29 is 10.0 Å². The zero-order chi connectivity index (χ0) is 18.4. The van der Waals surface area contributed by atoms with Gasteiger partial charge in [-0.3, -0.25) is 0 Å². The first-order valence-corrected chi connectivity index (χ1v) is 10.2. The van der Waals surface area contributed by atoms with E-state index in [0.717, 1.165) is 22.9 Å². The molecule has 138 valence electrons. The molecule has 3 heterocycles. The maximum absolute atomic E-state index is 10.9. The Morgan fingerprint density at radius 1 is 1.15 bits per heavy atom. The number of quaternary nitrogens is 1. The van der Waals surface area contributed by atoms with Crippen molar-refractivity contribution in [3.8, 4) is 5.88 Å². The molecule has 3 aromatic rings. The fourth-order valence-corrected chi connectivity index (χ4v) is 5.62. The number of aromatic nitrogens is 3. The summed E-state index contributed by atoms with van der Waals surface area (Å²) in [6, 6.07) is 8.86. The second kappa shape index (κ2) is 6.67. The van der Waals surface area contributed by atoms with E-state index in [2.05, 4.69) is 55.1 Å². The summed E-state index contributed by atoms with van der Waals surface area (Å²) in [5.41, 5.74) is 2.51. The number of nitrogens with one attached hydrogen (secondary N) is 1. The third-order valence-corrected chi connectivity index (χ3v) is 6.50. The van der Waals surface area contributed by atoms with Gasteiger partial charge in [0.2, 0.25) is 10.8 Å². The number of thiazole rings is 1. The second-order valence-electron chi connectivity index (χ2n) is 8.00. The third kappa shape index (κ3) is 3.12. The number of benzene rings is 1. The molecule has 4 atom stereocenters. The molecule has 1 fully saturated rings. The Morgan fingerprint density at radius 3 is 2.42 bits per heavy atom. The molecule has 0 aliphatic carbocycles. The summed E-state index contributed by atoms with van der Waals surface area (Å²) in [5, 5.41) is 15.3. The summed E-state index contributed by atoms with van der Waals surface area (Å²) in [6.45, 7) is 10.9. The van der Waals surface area contributed by atoms with E-state index < -0.39 is 0 Å². The van der Waals surface area contributed by atoms with E-state index in [1.54, 1.807) is 15.9 Å². The molecule has 6 heteroatoms. The maximum atomic E-state index is 10.9. The second-order valence-corrected chi connectivity index (χ2v) is 9.01. The highest BCUT2D eigenvalue weighted by atomic mass is 32.1. The van der Waals surface area contributed by atoms with Crippen molar-refractivity contribution in [1.82, 2.24) is 14.6 Å². The molecule has 1 aliphatic heterocycles. The zero-order valence-corrected chi connectivity index (χ0v) is 16.7. The number of hydrogen-bond donors (Lipinski definition) is 2. The van der Waals surface area contributed by atoms with Gasteiger partial charge in [-0.25, -0.2) is 4.98 Å². The standard InChI is InChI=1S/C20H26N4OS/c1-12-5-7-16(8-6-12)17(23-10-13(2)9-14(3)11-23)18-19(25)24-20(26-18)21-15(4)22-24/h5-8,13-14,17,25H,9-11H2,1-4H3/p+1/t13-,14+,17-/m1/s1. The van der Waals surface area contributed by atoms with Crippen LogP contribution in [0.4, 0.5) is 0 Å². The summed E-state index contributed by atoms with van der Waals surface area (Å²) < 4.78 is 1.59. The van der Waals surface area contributed by atoms with Gasteiger partial charge in [0.05, 0.1) is 13.1 Å². The topological polar surface area (TPSA) is 54.9 Å². The van der Waals surface area contributed by atoms with Crippen LogP contribution in [0.5, 0.6) is 5.88 Å². The number of hydrogen-bond acceptors (Lipinski definition) is 4. The number of likely N-dealkylation sites (tertiary alicyclic amines) is 1. The van der Waals surface area contributed by atoms with Gasteiger partial charge in [0.15, 0.2) is 6.04 Å².